The fourth-order valence-corrected chi connectivity index (χ4v) is 2.08. The van der Waals surface area contributed by atoms with Crippen LogP contribution in [-0.2, 0) is 4.79 Å². The van der Waals surface area contributed by atoms with Crippen LogP contribution in [0.4, 0.5) is 10.1 Å². The van der Waals surface area contributed by atoms with E-state index in [0.29, 0.717) is 37.0 Å². The number of benzene rings is 1. The van der Waals surface area contributed by atoms with Crippen molar-refractivity contribution in [1.29, 1.82) is 0 Å². The van der Waals surface area contributed by atoms with Gasteiger partial charge in [-0.2, -0.15) is 0 Å². The highest BCUT2D eigenvalue weighted by Crippen LogP contribution is 2.13. The number of piperazine rings is 1. The van der Waals surface area contributed by atoms with E-state index in [1.165, 1.54) is 6.07 Å². The first-order chi connectivity index (χ1) is 8.70. The number of halogens is 1. The van der Waals surface area contributed by atoms with E-state index in [4.69, 9.17) is 12.2 Å². The summed E-state index contributed by atoms with van der Waals surface area (Å²) in [4.78, 5) is 14.2. The average molecular weight is 267 g/mol. The topological polar surface area (TPSA) is 35.6 Å². The van der Waals surface area contributed by atoms with Crippen LogP contribution in [0.3, 0.4) is 0 Å². The number of hydrogen-bond acceptors (Lipinski definition) is 2. The van der Waals surface area contributed by atoms with Crippen LogP contribution in [0.2, 0.25) is 0 Å². The van der Waals surface area contributed by atoms with E-state index in [2.05, 4.69) is 5.32 Å². The Morgan fingerprint density at radius 3 is 2.56 bits per heavy atom. The highest BCUT2D eigenvalue weighted by molar-refractivity contribution is 7.80. The first-order valence-electron chi connectivity index (χ1n) is 5.70. The fourth-order valence-electron chi connectivity index (χ4n) is 1.79. The Kier molecular flexibility index (Phi) is 4.09. The standard InChI is InChI=1S/C12H14FN3OS/c13-10-3-1-2-4-11(10)14-12(18)16-7-5-15(9-17)6-8-16/h1-4,9H,5-8H2,(H,14,18). The molecular formula is C12H14FN3OS. The van der Waals surface area contributed by atoms with E-state index in [-0.39, 0.29) is 5.82 Å². The molecule has 6 heteroatoms. The fraction of sp³-hybridized carbons (Fsp3) is 0.333. The zero-order chi connectivity index (χ0) is 13.0. The summed E-state index contributed by atoms with van der Waals surface area (Å²) < 4.78 is 13.4. The van der Waals surface area contributed by atoms with Gasteiger partial charge < -0.3 is 15.1 Å². The molecule has 0 spiro atoms. The largest absolute Gasteiger partial charge is 0.345 e. The number of thiocarbonyl (C=S) groups is 1. The molecule has 2 rings (SSSR count). The first-order valence-corrected chi connectivity index (χ1v) is 6.11. The second-order valence-electron chi connectivity index (χ2n) is 4.04. The highest BCUT2D eigenvalue weighted by Gasteiger charge is 2.18. The van der Waals surface area contributed by atoms with Crippen LogP contribution < -0.4 is 5.32 Å². The molecule has 0 bridgehead atoms. The minimum Gasteiger partial charge on any atom is -0.345 e. The van der Waals surface area contributed by atoms with Gasteiger partial charge in [-0.15, -0.1) is 0 Å². The summed E-state index contributed by atoms with van der Waals surface area (Å²) in [5, 5.41) is 3.38. The summed E-state index contributed by atoms with van der Waals surface area (Å²) in [6.07, 6.45) is 0.838. The summed E-state index contributed by atoms with van der Waals surface area (Å²) >= 11 is 5.23. The number of para-hydroxylation sites is 1. The third-order valence-corrected chi connectivity index (χ3v) is 3.23. The quantitative estimate of drug-likeness (QED) is 0.647. The van der Waals surface area contributed by atoms with Crippen LogP contribution in [0.1, 0.15) is 0 Å². The van der Waals surface area contributed by atoms with Gasteiger partial charge in [-0.1, -0.05) is 12.1 Å². The lowest BCUT2D eigenvalue weighted by atomic mass is 10.3. The van der Waals surface area contributed by atoms with Gasteiger partial charge in [-0.05, 0) is 24.4 Å². The Balaban J connectivity index is 1.93. The molecule has 4 nitrogen and oxygen atoms in total. The van der Waals surface area contributed by atoms with Gasteiger partial charge in [0.2, 0.25) is 6.41 Å². The van der Waals surface area contributed by atoms with Crippen molar-refractivity contribution in [2.75, 3.05) is 31.5 Å². The molecule has 0 atom stereocenters. The number of nitrogens with one attached hydrogen (secondary N) is 1. The van der Waals surface area contributed by atoms with E-state index in [1.807, 2.05) is 4.90 Å². The van der Waals surface area contributed by atoms with E-state index >= 15 is 0 Å². The summed E-state index contributed by atoms with van der Waals surface area (Å²) in [5.41, 5.74) is 0.375. The monoisotopic (exact) mass is 267 g/mol. The first kappa shape index (κ1) is 12.8. The van der Waals surface area contributed by atoms with Gasteiger partial charge >= 0.3 is 0 Å². The lowest BCUT2D eigenvalue weighted by Crippen LogP contribution is -2.49. The molecule has 1 saturated heterocycles. The van der Waals surface area contributed by atoms with Crippen molar-refractivity contribution in [3.63, 3.8) is 0 Å². The van der Waals surface area contributed by atoms with Crippen molar-refractivity contribution < 1.29 is 9.18 Å². The van der Waals surface area contributed by atoms with Gasteiger partial charge in [0.1, 0.15) is 5.82 Å². The average Bonchev–Trinajstić information content (AvgIpc) is 2.41. The number of hydrogen-bond donors (Lipinski definition) is 1. The molecule has 1 aliphatic heterocycles. The highest BCUT2D eigenvalue weighted by atomic mass is 32.1. The number of anilines is 1. The zero-order valence-electron chi connectivity index (χ0n) is 9.80. The van der Waals surface area contributed by atoms with Crippen LogP contribution in [-0.4, -0.2) is 47.5 Å². The van der Waals surface area contributed by atoms with Crippen molar-refractivity contribution in [2.24, 2.45) is 0 Å². The Hall–Kier alpha value is -1.69. The molecule has 1 aliphatic rings. The van der Waals surface area contributed by atoms with Gasteiger partial charge in [-0.25, -0.2) is 4.39 Å². The minimum absolute atomic E-state index is 0.327. The van der Waals surface area contributed by atoms with Crippen LogP contribution >= 0.6 is 12.2 Å². The molecule has 1 N–H and O–H groups in total. The van der Waals surface area contributed by atoms with Crippen molar-refractivity contribution in [3.05, 3.63) is 30.1 Å². The van der Waals surface area contributed by atoms with Gasteiger partial charge in [0.05, 0.1) is 5.69 Å². The van der Waals surface area contributed by atoms with Crippen LogP contribution in [0.5, 0.6) is 0 Å². The molecule has 1 heterocycles. The molecule has 0 unspecified atom stereocenters. The van der Waals surface area contributed by atoms with Gasteiger partial charge in [0, 0.05) is 26.2 Å². The zero-order valence-corrected chi connectivity index (χ0v) is 10.6. The Morgan fingerprint density at radius 2 is 1.94 bits per heavy atom. The molecule has 1 fully saturated rings. The molecule has 0 aromatic heterocycles. The van der Waals surface area contributed by atoms with Crippen LogP contribution in [0, 0.1) is 5.82 Å². The van der Waals surface area contributed by atoms with Crippen molar-refractivity contribution in [3.8, 4) is 0 Å². The van der Waals surface area contributed by atoms with Gasteiger partial charge in [-0.3, -0.25) is 4.79 Å². The van der Waals surface area contributed by atoms with Crippen LogP contribution in [0.15, 0.2) is 24.3 Å². The molecular weight excluding hydrogens is 253 g/mol. The molecule has 1 aromatic carbocycles. The number of nitrogens with zero attached hydrogens (tertiary/aromatic N) is 2. The summed E-state index contributed by atoms with van der Waals surface area (Å²) in [5.74, 6) is -0.327. The van der Waals surface area contributed by atoms with Gasteiger partial charge in [0.25, 0.3) is 0 Å². The van der Waals surface area contributed by atoms with E-state index < -0.39 is 0 Å². The Morgan fingerprint density at radius 1 is 1.28 bits per heavy atom. The lowest BCUT2D eigenvalue weighted by molar-refractivity contribution is -0.119. The number of carbonyl (C=O) groups is 1. The predicted octanol–water partition coefficient (Wildman–Crippen LogP) is 1.30. The van der Waals surface area contributed by atoms with E-state index in [1.54, 1.807) is 23.1 Å². The maximum atomic E-state index is 13.4. The minimum atomic E-state index is -0.327. The van der Waals surface area contributed by atoms with Crippen molar-refractivity contribution in [2.45, 2.75) is 0 Å². The van der Waals surface area contributed by atoms with E-state index in [9.17, 15) is 9.18 Å². The summed E-state index contributed by atoms with van der Waals surface area (Å²) in [6.45, 7) is 2.61. The molecule has 0 saturated carbocycles. The van der Waals surface area contributed by atoms with Gasteiger partial charge in [0.15, 0.2) is 5.11 Å². The molecule has 0 radical (unpaired) electrons. The molecule has 96 valence electrons. The molecule has 18 heavy (non-hydrogen) atoms. The second kappa shape index (κ2) is 5.77. The normalized spacial score (nSPS) is 15.4. The van der Waals surface area contributed by atoms with Crippen LogP contribution in [0.25, 0.3) is 0 Å². The maximum Gasteiger partial charge on any atom is 0.209 e. The predicted molar refractivity (Wildman–Crippen MR) is 71.8 cm³/mol. The van der Waals surface area contributed by atoms with Crippen molar-refractivity contribution >= 4 is 29.4 Å². The number of rotatable bonds is 2. The van der Waals surface area contributed by atoms with Crippen molar-refractivity contribution in [1.82, 2.24) is 9.80 Å². The number of carbonyl (C=O) groups excluding carboxylic acids is 1. The third-order valence-electron chi connectivity index (χ3n) is 2.87. The lowest BCUT2D eigenvalue weighted by Gasteiger charge is -2.34. The third kappa shape index (κ3) is 2.95. The summed E-state index contributed by atoms with van der Waals surface area (Å²) in [7, 11) is 0. The molecule has 1 amide bonds. The smallest absolute Gasteiger partial charge is 0.209 e. The number of amides is 1. The molecule has 1 aromatic rings. The molecule has 0 aliphatic carbocycles. The SMILES string of the molecule is O=CN1CCN(C(=S)Nc2ccccc2F)CC1. The Bertz CT molecular complexity index is 447. The summed E-state index contributed by atoms with van der Waals surface area (Å²) in [6, 6.07) is 6.41. The Labute approximate surface area is 110 Å². The maximum absolute atomic E-state index is 13.4. The second-order valence-corrected chi connectivity index (χ2v) is 4.43. The van der Waals surface area contributed by atoms with E-state index in [0.717, 1.165) is 6.41 Å².